The van der Waals surface area contributed by atoms with Crippen LogP contribution in [0.2, 0.25) is 0 Å². The maximum Gasteiger partial charge on any atom is 1.00 e. The van der Waals surface area contributed by atoms with Gasteiger partial charge in [0.1, 0.15) is 0 Å². The summed E-state index contributed by atoms with van der Waals surface area (Å²) in [4.78, 5) is 10.5. The van der Waals surface area contributed by atoms with E-state index in [0.717, 1.165) is 6.07 Å². The summed E-state index contributed by atoms with van der Waals surface area (Å²) < 4.78 is 4.63. The number of hydrogen-bond donors (Lipinski definition) is 0. The third-order valence-electron chi connectivity index (χ3n) is 1.01. The van der Waals surface area contributed by atoms with Crippen LogP contribution in [0.25, 0.3) is 0 Å². The van der Waals surface area contributed by atoms with Crippen LogP contribution in [-0.4, -0.2) is 0 Å². The van der Waals surface area contributed by atoms with Gasteiger partial charge >= 0.3 is 51.4 Å². The summed E-state index contributed by atoms with van der Waals surface area (Å²) in [6.07, 6.45) is 1.21. The Balaban J connectivity index is 0.000000810. The number of aryl methyl sites for hydroxylation is 1. The molecule has 1 rings (SSSR count). The number of rotatable bonds is 0. The van der Waals surface area contributed by atoms with E-state index in [1.807, 2.05) is 0 Å². The molecule has 0 unspecified atom stereocenters. The smallest absolute Gasteiger partial charge is 0.868 e. The van der Waals surface area contributed by atoms with Gasteiger partial charge in [-0.1, -0.05) is 0 Å². The third-order valence-corrected chi connectivity index (χ3v) is 1.01. The van der Waals surface area contributed by atoms with Gasteiger partial charge in [-0.3, -0.25) is 4.79 Å². The molecular formula is C6H5KO3. The Morgan fingerprint density at radius 2 is 2.20 bits per heavy atom. The zero-order chi connectivity index (χ0) is 6.85. The molecule has 0 amide bonds. The predicted molar refractivity (Wildman–Crippen MR) is 29.2 cm³/mol. The van der Waals surface area contributed by atoms with Gasteiger partial charge in [-0.25, -0.2) is 0 Å². The Kier molecular flexibility index (Phi) is 4.47. The Labute approximate surface area is 100 Å². The first-order valence-corrected chi connectivity index (χ1v) is 2.47. The average molecular weight is 164 g/mol. The number of hydrogen-bond acceptors (Lipinski definition) is 3. The second kappa shape index (κ2) is 4.30. The van der Waals surface area contributed by atoms with Gasteiger partial charge in [-0.05, 0) is 12.7 Å². The fraction of sp³-hybridized carbons (Fsp3) is 0.167. The first-order valence-electron chi connectivity index (χ1n) is 2.47. The molecule has 48 valence electrons. The SMILES string of the molecule is Cc1occc(=O)c1[O-].[K+]. The van der Waals surface area contributed by atoms with Crippen LogP contribution in [0, 0.1) is 6.92 Å². The summed E-state index contributed by atoms with van der Waals surface area (Å²) in [5.41, 5.74) is -0.515. The molecule has 0 bridgehead atoms. The van der Waals surface area contributed by atoms with Gasteiger partial charge in [0.25, 0.3) is 0 Å². The molecule has 1 aromatic rings. The molecule has 0 N–H and O–H groups in total. The van der Waals surface area contributed by atoms with Gasteiger partial charge < -0.3 is 9.52 Å². The van der Waals surface area contributed by atoms with Crippen LogP contribution in [0.3, 0.4) is 0 Å². The predicted octanol–water partition coefficient (Wildman–Crippen LogP) is -2.97. The summed E-state index contributed by atoms with van der Waals surface area (Å²) >= 11 is 0. The molecule has 10 heavy (non-hydrogen) atoms. The minimum atomic E-state index is -0.558. The zero-order valence-corrected chi connectivity index (χ0v) is 9.00. The van der Waals surface area contributed by atoms with Crippen molar-refractivity contribution in [1.82, 2.24) is 0 Å². The van der Waals surface area contributed by atoms with Crippen molar-refractivity contribution < 1.29 is 60.9 Å². The maximum absolute atomic E-state index is 10.6. The molecule has 3 nitrogen and oxygen atoms in total. The van der Waals surface area contributed by atoms with E-state index in [1.54, 1.807) is 0 Å². The van der Waals surface area contributed by atoms with Gasteiger partial charge in [0, 0.05) is 6.07 Å². The largest absolute Gasteiger partial charge is 1.00 e. The second-order valence-corrected chi connectivity index (χ2v) is 1.67. The molecule has 0 fully saturated rings. The molecule has 0 saturated carbocycles. The minimum Gasteiger partial charge on any atom is -0.868 e. The van der Waals surface area contributed by atoms with E-state index < -0.39 is 11.2 Å². The van der Waals surface area contributed by atoms with Crippen LogP contribution in [0.1, 0.15) is 5.76 Å². The molecule has 0 aromatic carbocycles. The van der Waals surface area contributed by atoms with Crippen molar-refractivity contribution in [2.75, 3.05) is 0 Å². The fourth-order valence-corrected chi connectivity index (χ4v) is 0.501. The van der Waals surface area contributed by atoms with Gasteiger partial charge in [0.2, 0.25) is 0 Å². The average Bonchev–Trinajstić information content (AvgIpc) is 1.83. The molecular weight excluding hydrogens is 159 g/mol. The molecule has 0 radical (unpaired) electrons. The molecule has 1 heterocycles. The van der Waals surface area contributed by atoms with Crippen LogP contribution in [-0.2, 0) is 0 Å². The van der Waals surface area contributed by atoms with E-state index in [-0.39, 0.29) is 57.1 Å². The molecule has 0 spiro atoms. The van der Waals surface area contributed by atoms with Crippen LogP contribution in [0.15, 0.2) is 21.5 Å². The van der Waals surface area contributed by atoms with E-state index >= 15 is 0 Å². The van der Waals surface area contributed by atoms with E-state index in [1.165, 1.54) is 13.2 Å². The fourth-order valence-electron chi connectivity index (χ4n) is 0.501. The molecule has 0 saturated heterocycles. The Morgan fingerprint density at radius 1 is 1.60 bits per heavy atom. The monoisotopic (exact) mass is 164 g/mol. The van der Waals surface area contributed by atoms with Crippen LogP contribution in [0.4, 0.5) is 0 Å². The first kappa shape index (κ1) is 10.4. The van der Waals surface area contributed by atoms with Crippen molar-refractivity contribution in [3.05, 3.63) is 28.3 Å². The molecule has 0 aliphatic rings. The molecule has 0 aliphatic carbocycles. The Hall–Kier alpha value is 0.386. The van der Waals surface area contributed by atoms with Crippen LogP contribution < -0.4 is 61.9 Å². The second-order valence-electron chi connectivity index (χ2n) is 1.67. The summed E-state index contributed by atoms with van der Waals surface area (Å²) in [6.45, 7) is 1.46. The van der Waals surface area contributed by atoms with E-state index in [9.17, 15) is 9.90 Å². The Bertz CT molecular complexity index is 266. The van der Waals surface area contributed by atoms with Crippen molar-refractivity contribution in [2.24, 2.45) is 0 Å². The maximum atomic E-state index is 10.6. The zero-order valence-electron chi connectivity index (χ0n) is 5.88. The van der Waals surface area contributed by atoms with E-state index in [0.29, 0.717) is 0 Å². The summed E-state index contributed by atoms with van der Waals surface area (Å²) in [5, 5.41) is 10.6. The van der Waals surface area contributed by atoms with Crippen LogP contribution in [0.5, 0.6) is 5.75 Å². The molecule has 0 aliphatic heterocycles. The summed E-state index contributed by atoms with van der Waals surface area (Å²) in [6, 6.07) is 1.11. The standard InChI is InChI=1S/C6H6O3.K/c1-4-6(8)5(7)2-3-9-4;/h2-3,8H,1H3;/q;+1/p-1. The van der Waals surface area contributed by atoms with Gasteiger partial charge in [-0.2, -0.15) is 0 Å². The van der Waals surface area contributed by atoms with Crippen molar-refractivity contribution in [3.8, 4) is 5.75 Å². The van der Waals surface area contributed by atoms with Gasteiger partial charge in [0.15, 0.2) is 5.43 Å². The van der Waals surface area contributed by atoms with Crippen molar-refractivity contribution in [2.45, 2.75) is 6.92 Å². The molecule has 1 aromatic heterocycles. The quantitative estimate of drug-likeness (QED) is 0.385. The van der Waals surface area contributed by atoms with Crippen molar-refractivity contribution in [1.29, 1.82) is 0 Å². The first-order chi connectivity index (χ1) is 4.22. The van der Waals surface area contributed by atoms with Crippen molar-refractivity contribution >= 4 is 0 Å². The summed E-state index contributed by atoms with van der Waals surface area (Å²) in [5.74, 6) is -0.417. The van der Waals surface area contributed by atoms with Crippen LogP contribution >= 0.6 is 0 Å². The molecule has 0 atom stereocenters. The van der Waals surface area contributed by atoms with Gasteiger partial charge in [-0.15, -0.1) is 0 Å². The molecule has 4 heteroatoms. The van der Waals surface area contributed by atoms with E-state index in [4.69, 9.17) is 0 Å². The topological polar surface area (TPSA) is 53.3 Å². The Morgan fingerprint density at radius 3 is 2.60 bits per heavy atom. The van der Waals surface area contributed by atoms with E-state index in [2.05, 4.69) is 4.42 Å². The van der Waals surface area contributed by atoms with Crippen molar-refractivity contribution in [3.63, 3.8) is 0 Å². The van der Waals surface area contributed by atoms with Gasteiger partial charge in [0.05, 0.1) is 12.0 Å². The summed E-state index contributed by atoms with van der Waals surface area (Å²) in [7, 11) is 0. The minimum absolute atomic E-state index is 0. The normalized spacial score (nSPS) is 8.50. The third kappa shape index (κ3) is 2.21.